The van der Waals surface area contributed by atoms with Crippen LogP contribution in [0.5, 0.6) is 11.5 Å². The Labute approximate surface area is 234 Å². The molecular weight excluding hydrogens is 558 g/mol. The van der Waals surface area contributed by atoms with Gasteiger partial charge in [0.25, 0.3) is 5.56 Å². The zero-order chi connectivity index (χ0) is 27.5. The fraction of sp³-hybridized carbons (Fsp3) is 0.194. The van der Waals surface area contributed by atoms with E-state index < -0.39 is 0 Å². The van der Waals surface area contributed by atoms with Crippen molar-refractivity contribution in [3.05, 3.63) is 99.3 Å². The molecule has 1 atom stereocenters. The van der Waals surface area contributed by atoms with Crippen LogP contribution in [0.3, 0.4) is 0 Å². The maximum absolute atomic E-state index is 13.6. The van der Waals surface area contributed by atoms with Crippen LogP contribution in [0.15, 0.2) is 92.1 Å². The van der Waals surface area contributed by atoms with Crippen molar-refractivity contribution >= 4 is 44.0 Å². The van der Waals surface area contributed by atoms with Gasteiger partial charge in [0.15, 0.2) is 17.3 Å². The standard InChI is InChI=1S/C31H28BrN3O4/c1-5-9-21-14-20(15-27(37-4)29(21)38-19(3)6-2)18-33-35-30(34-25-11-8-7-10-24(25)31(35)36)28-17-22-16-23(32)12-13-26(22)39-28/h5,7-8,10-19H,1,6,9H2,2-4H3/t19-/m0/s1. The molecule has 0 spiro atoms. The molecule has 0 unspecified atom stereocenters. The van der Waals surface area contributed by atoms with Crippen molar-refractivity contribution in [1.82, 2.24) is 9.66 Å². The van der Waals surface area contributed by atoms with Gasteiger partial charge in [-0.2, -0.15) is 9.78 Å². The second kappa shape index (κ2) is 11.3. The normalized spacial score (nSPS) is 12.3. The van der Waals surface area contributed by atoms with E-state index in [4.69, 9.17) is 18.9 Å². The third kappa shape index (κ3) is 5.38. The van der Waals surface area contributed by atoms with E-state index in [0.717, 1.165) is 27.4 Å². The monoisotopic (exact) mass is 585 g/mol. The van der Waals surface area contributed by atoms with Gasteiger partial charge in [-0.1, -0.05) is 41.1 Å². The van der Waals surface area contributed by atoms with Gasteiger partial charge in [0, 0.05) is 15.4 Å². The van der Waals surface area contributed by atoms with Crippen LogP contribution in [0.25, 0.3) is 33.5 Å². The molecule has 0 amide bonds. The molecule has 8 heteroatoms. The Balaban J connectivity index is 1.66. The van der Waals surface area contributed by atoms with Crippen molar-refractivity contribution in [3.8, 4) is 23.1 Å². The summed E-state index contributed by atoms with van der Waals surface area (Å²) in [6.07, 6.45) is 4.90. The van der Waals surface area contributed by atoms with Crippen LogP contribution in [-0.2, 0) is 6.42 Å². The number of hydrogen-bond acceptors (Lipinski definition) is 6. The number of furan rings is 1. The number of rotatable bonds is 9. The van der Waals surface area contributed by atoms with Gasteiger partial charge in [0.05, 0.1) is 30.3 Å². The lowest BCUT2D eigenvalue weighted by molar-refractivity contribution is 0.206. The van der Waals surface area contributed by atoms with Crippen LogP contribution in [0, 0.1) is 0 Å². The minimum atomic E-state index is -0.302. The van der Waals surface area contributed by atoms with E-state index in [1.54, 1.807) is 31.5 Å². The molecule has 39 heavy (non-hydrogen) atoms. The summed E-state index contributed by atoms with van der Waals surface area (Å²) in [5.41, 5.74) is 2.59. The zero-order valence-corrected chi connectivity index (χ0v) is 23.6. The summed E-state index contributed by atoms with van der Waals surface area (Å²) in [5, 5.41) is 5.94. The molecule has 5 rings (SSSR count). The quantitative estimate of drug-likeness (QED) is 0.133. The minimum Gasteiger partial charge on any atom is -0.493 e. The van der Waals surface area contributed by atoms with Gasteiger partial charge < -0.3 is 13.9 Å². The summed E-state index contributed by atoms with van der Waals surface area (Å²) in [4.78, 5) is 18.4. The van der Waals surface area contributed by atoms with Crippen LogP contribution < -0.4 is 15.0 Å². The number of methoxy groups -OCH3 is 1. The largest absolute Gasteiger partial charge is 0.493 e. The number of benzene rings is 3. The Morgan fingerprint density at radius 1 is 1.18 bits per heavy atom. The fourth-order valence-corrected chi connectivity index (χ4v) is 4.65. The lowest BCUT2D eigenvalue weighted by Gasteiger charge is -2.19. The van der Waals surface area contributed by atoms with Crippen molar-refractivity contribution in [2.45, 2.75) is 32.8 Å². The van der Waals surface area contributed by atoms with Gasteiger partial charge in [-0.15, -0.1) is 6.58 Å². The summed E-state index contributed by atoms with van der Waals surface area (Å²) in [6, 6.07) is 18.6. The summed E-state index contributed by atoms with van der Waals surface area (Å²) in [5.74, 6) is 2.01. The Kier molecular flexibility index (Phi) is 7.65. The predicted octanol–water partition coefficient (Wildman–Crippen LogP) is 7.37. The zero-order valence-electron chi connectivity index (χ0n) is 22.0. The lowest BCUT2D eigenvalue weighted by atomic mass is 10.1. The lowest BCUT2D eigenvalue weighted by Crippen LogP contribution is -2.20. The van der Waals surface area contributed by atoms with Crippen molar-refractivity contribution in [2.75, 3.05) is 7.11 Å². The van der Waals surface area contributed by atoms with Gasteiger partial charge in [-0.05, 0) is 73.9 Å². The van der Waals surface area contributed by atoms with Gasteiger partial charge >= 0.3 is 0 Å². The highest BCUT2D eigenvalue weighted by molar-refractivity contribution is 9.10. The topological polar surface area (TPSA) is 78.9 Å². The molecule has 0 radical (unpaired) electrons. The average molecular weight is 586 g/mol. The number of allylic oxidation sites excluding steroid dienone is 1. The van der Waals surface area contributed by atoms with Crippen molar-refractivity contribution in [2.24, 2.45) is 5.10 Å². The van der Waals surface area contributed by atoms with Crippen LogP contribution in [-0.4, -0.2) is 29.1 Å². The second-order valence-electron chi connectivity index (χ2n) is 9.15. The molecule has 2 aromatic heterocycles. The van der Waals surface area contributed by atoms with Gasteiger partial charge in [0.1, 0.15) is 5.58 Å². The molecule has 5 aromatic rings. The van der Waals surface area contributed by atoms with Crippen LogP contribution in [0.2, 0.25) is 0 Å². The number of fused-ring (bicyclic) bond motifs is 2. The summed E-state index contributed by atoms with van der Waals surface area (Å²) < 4.78 is 20.1. The Morgan fingerprint density at radius 3 is 2.77 bits per heavy atom. The van der Waals surface area contributed by atoms with Crippen molar-refractivity contribution in [1.29, 1.82) is 0 Å². The van der Waals surface area contributed by atoms with Crippen LogP contribution >= 0.6 is 15.9 Å². The smallest absolute Gasteiger partial charge is 0.282 e. The summed E-state index contributed by atoms with van der Waals surface area (Å²) in [7, 11) is 1.60. The third-order valence-electron chi connectivity index (χ3n) is 6.41. The maximum atomic E-state index is 13.6. The van der Waals surface area contributed by atoms with Crippen LogP contribution in [0.4, 0.5) is 0 Å². The molecule has 0 aliphatic rings. The molecule has 0 bridgehead atoms. The first-order valence-electron chi connectivity index (χ1n) is 12.7. The van der Waals surface area contributed by atoms with E-state index in [1.807, 2.05) is 55.5 Å². The molecule has 0 aliphatic heterocycles. The molecule has 198 valence electrons. The number of aromatic nitrogens is 2. The highest BCUT2D eigenvalue weighted by Gasteiger charge is 2.18. The number of para-hydroxylation sites is 1. The van der Waals surface area contributed by atoms with Gasteiger partial charge in [-0.3, -0.25) is 4.79 Å². The van der Waals surface area contributed by atoms with Crippen molar-refractivity contribution in [3.63, 3.8) is 0 Å². The van der Waals surface area contributed by atoms with Gasteiger partial charge in [0.2, 0.25) is 5.82 Å². The molecular formula is C31H28BrN3O4. The SMILES string of the molecule is C=CCc1cc(C=Nn2c(-c3cc4cc(Br)ccc4o3)nc3ccccc3c2=O)cc(OC)c1O[C@@H](C)CC. The first kappa shape index (κ1) is 26.4. The van der Waals surface area contributed by atoms with Crippen molar-refractivity contribution < 1.29 is 13.9 Å². The maximum Gasteiger partial charge on any atom is 0.282 e. The Morgan fingerprint density at radius 2 is 2.00 bits per heavy atom. The highest BCUT2D eigenvalue weighted by Crippen LogP contribution is 2.34. The van der Waals surface area contributed by atoms with E-state index in [9.17, 15) is 4.79 Å². The summed E-state index contributed by atoms with van der Waals surface area (Å²) >= 11 is 3.50. The first-order valence-corrected chi connectivity index (χ1v) is 13.4. The van der Waals surface area contributed by atoms with E-state index >= 15 is 0 Å². The Bertz CT molecular complexity index is 1770. The Hall–Kier alpha value is -4.17. The van der Waals surface area contributed by atoms with E-state index in [-0.39, 0.29) is 11.7 Å². The molecule has 0 fully saturated rings. The molecule has 0 saturated heterocycles. The fourth-order valence-electron chi connectivity index (χ4n) is 4.27. The summed E-state index contributed by atoms with van der Waals surface area (Å²) in [6.45, 7) is 7.97. The average Bonchev–Trinajstić information content (AvgIpc) is 3.36. The molecule has 7 nitrogen and oxygen atoms in total. The molecule has 2 heterocycles. The molecule has 0 N–H and O–H groups in total. The number of hydrogen-bond donors (Lipinski definition) is 0. The van der Waals surface area contributed by atoms with E-state index in [0.29, 0.717) is 46.0 Å². The molecule has 0 saturated carbocycles. The number of nitrogens with zero attached hydrogens (tertiary/aromatic N) is 3. The minimum absolute atomic E-state index is 0.0243. The van der Waals surface area contributed by atoms with E-state index in [2.05, 4.69) is 34.5 Å². The highest BCUT2D eigenvalue weighted by atomic mass is 79.9. The van der Waals surface area contributed by atoms with Gasteiger partial charge in [-0.25, -0.2) is 4.98 Å². The molecule has 3 aromatic carbocycles. The number of halogens is 1. The van der Waals surface area contributed by atoms with Crippen LogP contribution in [0.1, 0.15) is 31.4 Å². The molecule has 0 aliphatic carbocycles. The van der Waals surface area contributed by atoms with E-state index in [1.165, 1.54) is 4.68 Å². The first-order chi connectivity index (χ1) is 18.9. The third-order valence-corrected chi connectivity index (χ3v) is 6.90. The number of ether oxygens (including phenoxy) is 2. The predicted molar refractivity (Wildman–Crippen MR) is 159 cm³/mol. The second-order valence-corrected chi connectivity index (χ2v) is 10.1.